The highest BCUT2D eigenvalue weighted by Crippen LogP contribution is 2.41. The van der Waals surface area contributed by atoms with E-state index in [1.165, 1.54) is 5.56 Å². The molecule has 2 aromatic heterocycles. The topological polar surface area (TPSA) is 70.4 Å². The fourth-order valence-corrected chi connectivity index (χ4v) is 6.11. The molecule has 3 heterocycles. The molecular weight excluding hydrogens is 537 g/mol. The molecule has 5 aromatic rings. The number of nitrogens with zero attached hydrogens (tertiary/aromatic N) is 2. The molecule has 1 fully saturated rings. The van der Waals surface area contributed by atoms with Crippen LogP contribution in [0.3, 0.4) is 0 Å². The standard InChI is InChI=1S/C32H28N4O2S2/c1-21-12-14-23(15-13-21)40-29-17-16-27(38-29)31-30(26-10-4-5-19-33-26)35-32(39)36(31)20-18-28(37)34-25-11-6-8-22-7-2-3-9-24(22)25/h2-17,19,30-31H,18,20H2,1H3,(H,34,37)(H,35,39). The summed E-state index contributed by atoms with van der Waals surface area (Å²) in [6.45, 7) is 2.50. The minimum Gasteiger partial charge on any atom is -0.452 e. The van der Waals surface area contributed by atoms with Crippen molar-refractivity contribution >= 4 is 51.5 Å². The van der Waals surface area contributed by atoms with Crippen molar-refractivity contribution in [1.29, 1.82) is 0 Å². The molecule has 2 N–H and O–H groups in total. The monoisotopic (exact) mass is 564 g/mol. The van der Waals surface area contributed by atoms with Gasteiger partial charge in [-0.05, 0) is 67.0 Å². The molecule has 0 bridgehead atoms. The highest BCUT2D eigenvalue weighted by molar-refractivity contribution is 7.99. The summed E-state index contributed by atoms with van der Waals surface area (Å²) >= 11 is 7.35. The molecule has 8 heteroatoms. The summed E-state index contributed by atoms with van der Waals surface area (Å²) in [7, 11) is 0. The van der Waals surface area contributed by atoms with Crippen molar-refractivity contribution in [3.63, 3.8) is 0 Å². The van der Waals surface area contributed by atoms with Gasteiger partial charge in [-0.25, -0.2) is 0 Å². The van der Waals surface area contributed by atoms with Crippen LogP contribution in [0.2, 0.25) is 0 Å². The van der Waals surface area contributed by atoms with E-state index in [0.29, 0.717) is 11.7 Å². The lowest BCUT2D eigenvalue weighted by atomic mass is 10.0. The highest BCUT2D eigenvalue weighted by Gasteiger charge is 2.41. The third-order valence-electron chi connectivity index (χ3n) is 6.97. The van der Waals surface area contributed by atoms with Gasteiger partial charge in [-0.3, -0.25) is 9.78 Å². The van der Waals surface area contributed by atoms with Gasteiger partial charge in [0.05, 0.1) is 11.7 Å². The first kappa shape index (κ1) is 26.1. The number of carbonyl (C=O) groups is 1. The van der Waals surface area contributed by atoms with E-state index in [2.05, 4.69) is 46.8 Å². The number of aromatic nitrogens is 1. The van der Waals surface area contributed by atoms with Gasteiger partial charge in [0.1, 0.15) is 11.8 Å². The Balaban J connectivity index is 1.22. The number of hydrogen-bond donors (Lipinski definition) is 2. The van der Waals surface area contributed by atoms with Crippen LogP contribution in [0.25, 0.3) is 10.8 Å². The van der Waals surface area contributed by atoms with Crippen molar-refractivity contribution in [3.8, 4) is 0 Å². The number of furan rings is 1. The Bertz CT molecular complexity index is 1650. The number of anilines is 1. The molecule has 1 aliphatic heterocycles. The first-order valence-corrected chi connectivity index (χ1v) is 14.4. The van der Waals surface area contributed by atoms with Crippen LogP contribution in [0.1, 0.15) is 35.5 Å². The average molecular weight is 565 g/mol. The van der Waals surface area contributed by atoms with Crippen LogP contribution in [-0.4, -0.2) is 27.4 Å². The third kappa shape index (κ3) is 5.59. The maximum Gasteiger partial charge on any atom is 0.226 e. The Hall–Kier alpha value is -4.14. The summed E-state index contributed by atoms with van der Waals surface area (Å²) in [6, 6.07) is 31.7. The van der Waals surface area contributed by atoms with Crippen molar-refractivity contribution in [2.45, 2.75) is 35.4 Å². The van der Waals surface area contributed by atoms with E-state index in [9.17, 15) is 4.79 Å². The lowest BCUT2D eigenvalue weighted by molar-refractivity contribution is -0.116. The minimum absolute atomic E-state index is 0.0748. The second kappa shape index (κ2) is 11.5. The first-order valence-electron chi connectivity index (χ1n) is 13.1. The molecule has 0 saturated carbocycles. The number of fused-ring (bicyclic) bond motifs is 1. The predicted molar refractivity (Wildman–Crippen MR) is 163 cm³/mol. The van der Waals surface area contributed by atoms with Gasteiger partial charge in [-0.2, -0.15) is 0 Å². The molecular formula is C32H28N4O2S2. The van der Waals surface area contributed by atoms with E-state index in [0.717, 1.165) is 37.9 Å². The van der Waals surface area contributed by atoms with Crippen LogP contribution in [0.15, 0.2) is 118 Å². The van der Waals surface area contributed by atoms with Gasteiger partial charge in [-0.1, -0.05) is 71.9 Å². The average Bonchev–Trinajstić information content (AvgIpc) is 3.57. The molecule has 6 nitrogen and oxygen atoms in total. The molecule has 3 aromatic carbocycles. The fraction of sp³-hybridized carbons (Fsp3) is 0.156. The smallest absolute Gasteiger partial charge is 0.226 e. The molecule has 1 saturated heterocycles. The molecule has 0 spiro atoms. The molecule has 2 unspecified atom stereocenters. The molecule has 1 amide bonds. The quantitative estimate of drug-likeness (QED) is 0.192. The zero-order chi connectivity index (χ0) is 27.5. The van der Waals surface area contributed by atoms with Gasteiger partial charge >= 0.3 is 0 Å². The summed E-state index contributed by atoms with van der Waals surface area (Å²) in [5, 5.41) is 9.98. The van der Waals surface area contributed by atoms with Crippen LogP contribution in [0.5, 0.6) is 0 Å². The number of pyridine rings is 1. The largest absolute Gasteiger partial charge is 0.452 e. The third-order valence-corrected chi connectivity index (χ3v) is 8.26. The van der Waals surface area contributed by atoms with E-state index in [4.69, 9.17) is 16.6 Å². The van der Waals surface area contributed by atoms with Crippen molar-refractivity contribution < 1.29 is 9.21 Å². The number of carbonyl (C=O) groups excluding carboxylic acids is 1. The Morgan fingerprint density at radius 1 is 1.00 bits per heavy atom. The van der Waals surface area contributed by atoms with Gasteiger partial charge in [0.25, 0.3) is 0 Å². The van der Waals surface area contributed by atoms with Gasteiger partial charge < -0.3 is 20.0 Å². The van der Waals surface area contributed by atoms with Crippen molar-refractivity contribution in [2.24, 2.45) is 0 Å². The Morgan fingerprint density at radius 2 is 1.80 bits per heavy atom. The van der Waals surface area contributed by atoms with Gasteiger partial charge in [0, 0.05) is 35.1 Å². The zero-order valence-electron chi connectivity index (χ0n) is 21.9. The molecule has 6 rings (SSSR count). The lowest BCUT2D eigenvalue weighted by Crippen LogP contribution is -2.32. The summed E-state index contributed by atoms with van der Waals surface area (Å²) in [6.07, 6.45) is 2.04. The number of nitrogens with one attached hydrogen (secondary N) is 2. The fourth-order valence-electron chi connectivity index (χ4n) is 5.00. The second-order valence-electron chi connectivity index (χ2n) is 9.72. The maximum absolute atomic E-state index is 13.1. The highest BCUT2D eigenvalue weighted by atomic mass is 32.2. The van der Waals surface area contributed by atoms with Gasteiger partial charge in [0.2, 0.25) is 5.91 Å². The summed E-state index contributed by atoms with van der Waals surface area (Å²) in [4.78, 5) is 20.8. The molecule has 2 atom stereocenters. The van der Waals surface area contributed by atoms with E-state index in [-0.39, 0.29) is 24.4 Å². The van der Waals surface area contributed by atoms with E-state index in [1.54, 1.807) is 18.0 Å². The van der Waals surface area contributed by atoms with Crippen molar-refractivity contribution in [2.75, 3.05) is 11.9 Å². The Labute approximate surface area is 242 Å². The van der Waals surface area contributed by atoms with Crippen LogP contribution >= 0.6 is 24.0 Å². The molecule has 0 radical (unpaired) electrons. The Morgan fingerprint density at radius 3 is 2.62 bits per heavy atom. The molecule has 40 heavy (non-hydrogen) atoms. The van der Waals surface area contributed by atoms with E-state index >= 15 is 0 Å². The second-order valence-corrected chi connectivity index (χ2v) is 11.2. The van der Waals surface area contributed by atoms with E-state index in [1.807, 2.05) is 77.7 Å². The van der Waals surface area contributed by atoms with Crippen molar-refractivity contribution in [1.82, 2.24) is 15.2 Å². The molecule has 0 aliphatic carbocycles. The predicted octanol–water partition coefficient (Wildman–Crippen LogP) is 7.29. The number of aryl methyl sites for hydroxylation is 1. The van der Waals surface area contributed by atoms with Crippen molar-refractivity contribution in [3.05, 3.63) is 120 Å². The normalized spacial score (nSPS) is 16.7. The van der Waals surface area contributed by atoms with Gasteiger partial charge in [-0.15, -0.1) is 0 Å². The first-order chi connectivity index (χ1) is 19.5. The number of thiocarbonyl (C=S) groups is 1. The van der Waals surface area contributed by atoms with Crippen LogP contribution in [0.4, 0.5) is 5.69 Å². The summed E-state index contributed by atoms with van der Waals surface area (Å²) in [5.41, 5.74) is 2.88. The number of benzene rings is 3. The van der Waals surface area contributed by atoms with Crippen LogP contribution in [-0.2, 0) is 4.79 Å². The summed E-state index contributed by atoms with van der Waals surface area (Å²) in [5.74, 6) is 0.696. The Kier molecular flexibility index (Phi) is 7.53. The minimum atomic E-state index is -0.250. The SMILES string of the molecule is Cc1ccc(Sc2ccc(C3C(c4ccccn4)NC(=S)N3CCC(=O)Nc3cccc4ccccc34)o2)cc1. The van der Waals surface area contributed by atoms with E-state index < -0.39 is 0 Å². The number of hydrogen-bond acceptors (Lipinski definition) is 5. The summed E-state index contributed by atoms with van der Waals surface area (Å²) < 4.78 is 6.38. The van der Waals surface area contributed by atoms with Crippen LogP contribution in [0, 0.1) is 6.92 Å². The number of amides is 1. The molecule has 200 valence electrons. The number of rotatable bonds is 8. The zero-order valence-corrected chi connectivity index (χ0v) is 23.5. The van der Waals surface area contributed by atoms with Crippen LogP contribution < -0.4 is 10.6 Å². The molecule has 1 aliphatic rings. The maximum atomic E-state index is 13.1. The lowest BCUT2D eigenvalue weighted by Gasteiger charge is -2.25. The van der Waals surface area contributed by atoms with Gasteiger partial charge in [0.15, 0.2) is 10.2 Å².